The van der Waals surface area contributed by atoms with Crippen molar-refractivity contribution in [2.75, 3.05) is 23.7 Å². The average Bonchev–Trinajstić information content (AvgIpc) is 3.34. The van der Waals surface area contributed by atoms with E-state index in [1.165, 1.54) is 6.92 Å². The summed E-state index contributed by atoms with van der Waals surface area (Å²) in [6.07, 6.45) is 2.21. The molecular formula is C26H28FN5O. The number of nitrogens with zero attached hydrogens (tertiary/aromatic N) is 3. The number of carbonyl (C=O) groups excluding carboxylic acids is 1. The van der Waals surface area contributed by atoms with E-state index in [1.54, 1.807) is 12.1 Å². The molecule has 2 aromatic carbocycles. The average molecular weight is 446 g/mol. The van der Waals surface area contributed by atoms with Gasteiger partial charge in [-0.15, -0.1) is 10.2 Å². The molecule has 1 unspecified atom stereocenters. The lowest BCUT2D eigenvalue weighted by Gasteiger charge is -2.20. The van der Waals surface area contributed by atoms with Gasteiger partial charge in [0, 0.05) is 49.4 Å². The summed E-state index contributed by atoms with van der Waals surface area (Å²) in [5, 5.41) is 15.1. The van der Waals surface area contributed by atoms with Gasteiger partial charge in [-0.2, -0.15) is 0 Å². The molecule has 1 aromatic heterocycles. The van der Waals surface area contributed by atoms with Crippen molar-refractivity contribution in [1.82, 2.24) is 15.1 Å². The van der Waals surface area contributed by atoms with Gasteiger partial charge >= 0.3 is 0 Å². The van der Waals surface area contributed by atoms with Gasteiger partial charge in [0.05, 0.1) is 5.69 Å². The van der Waals surface area contributed by atoms with Crippen LogP contribution in [0.15, 0.2) is 60.7 Å². The first kappa shape index (κ1) is 21.5. The Morgan fingerprint density at radius 2 is 1.73 bits per heavy atom. The predicted octanol–water partition coefficient (Wildman–Crippen LogP) is 4.56. The number of rotatable bonds is 6. The summed E-state index contributed by atoms with van der Waals surface area (Å²) in [4.78, 5) is 13.5. The zero-order valence-electron chi connectivity index (χ0n) is 18.7. The molecule has 1 saturated carbocycles. The van der Waals surface area contributed by atoms with E-state index < -0.39 is 0 Å². The van der Waals surface area contributed by atoms with Crippen LogP contribution < -0.4 is 10.6 Å². The van der Waals surface area contributed by atoms with E-state index in [1.807, 2.05) is 48.5 Å². The summed E-state index contributed by atoms with van der Waals surface area (Å²) in [6.45, 7) is 4.23. The normalized spacial score (nSPS) is 22.2. The smallest absolute Gasteiger partial charge is 0.221 e. The molecule has 3 aromatic rings. The van der Waals surface area contributed by atoms with Crippen molar-refractivity contribution in [2.45, 2.75) is 32.4 Å². The number of anilines is 2. The van der Waals surface area contributed by atoms with E-state index in [0.717, 1.165) is 54.3 Å². The van der Waals surface area contributed by atoms with Gasteiger partial charge in [0.2, 0.25) is 5.91 Å². The Morgan fingerprint density at radius 3 is 2.36 bits per heavy atom. The van der Waals surface area contributed by atoms with E-state index in [-0.39, 0.29) is 11.7 Å². The highest BCUT2D eigenvalue weighted by molar-refractivity contribution is 5.88. The molecule has 3 atom stereocenters. The fraction of sp³-hybridized carbons (Fsp3) is 0.346. The highest BCUT2D eigenvalue weighted by Crippen LogP contribution is 2.39. The minimum Gasteiger partial charge on any atom is -0.366 e. The Kier molecular flexibility index (Phi) is 6.05. The maximum absolute atomic E-state index is 14.0. The Hall–Kier alpha value is -3.32. The fourth-order valence-electron chi connectivity index (χ4n) is 5.21. The third-order valence-electron chi connectivity index (χ3n) is 6.70. The lowest BCUT2D eigenvalue weighted by Crippen LogP contribution is -2.25. The summed E-state index contributed by atoms with van der Waals surface area (Å²) in [5.74, 6) is 1.88. The molecule has 170 valence electrons. The van der Waals surface area contributed by atoms with Crippen LogP contribution in [0.5, 0.6) is 0 Å². The van der Waals surface area contributed by atoms with Crippen molar-refractivity contribution < 1.29 is 9.18 Å². The molecule has 1 aliphatic heterocycles. The van der Waals surface area contributed by atoms with Crippen molar-refractivity contribution in [3.63, 3.8) is 0 Å². The molecule has 0 spiro atoms. The van der Waals surface area contributed by atoms with Crippen molar-refractivity contribution in [3.05, 3.63) is 72.0 Å². The minimum atomic E-state index is -0.111. The molecule has 33 heavy (non-hydrogen) atoms. The van der Waals surface area contributed by atoms with Crippen molar-refractivity contribution in [2.24, 2.45) is 11.8 Å². The zero-order chi connectivity index (χ0) is 22.8. The Morgan fingerprint density at radius 1 is 1.00 bits per heavy atom. The van der Waals surface area contributed by atoms with E-state index in [9.17, 15) is 9.18 Å². The van der Waals surface area contributed by atoms with Crippen LogP contribution >= 0.6 is 0 Å². The zero-order valence-corrected chi connectivity index (χ0v) is 18.7. The summed E-state index contributed by atoms with van der Waals surface area (Å²) in [5.41, 5.74) is 3.29. The Bertz CT molecular complexity index is 1100. The van der Waals surface area contributed by atoms with Gasteiger partial charge in [0.1, 0.15) is 11.6 Å². The monoisotopic (exact) mass is 445 g/mol. The molecule has 2 heterocycles. The third kappa shape index (κ3) is 5.03. The van der Waals surface area contributed by atoms with E-state index in [4.69, 9.17) is 0 Å². The first-order valence-electron chi connectivity index (χ1n) is 11.5. The van der Waals surface area contributed by atoms with Gasteiger partial charge in [-0.25, -0.2) is 4.39 Å². The number of hydrogen-bond donors (Lipinski definition) is 2. The van der Waals surface area contributed by atoms with Gasteiger partial charge in [-0.3, -0.25) is 9.69 Å². The third-order valence-corrected chi connectivity index (χ3v) is 6.70. The maximum atomic E-state index is 14.0. The van der Waals surface area contributed by atoms with Crippen molar-refractivity contribution in [1.29, 1.82) is 0 Å². The summed E-state index contributed by atoms with van der Waals surface area (Å²) >= 11 is 0. The van der Waals surface area contributed by atoms with Crippen LogP contribution in [0, 0.1) is 17.7 Å². The van der Waals surface area contributed by atoms with Gasteiger partial charge in [0.25, 0.3) is 0 Å². The summed E-state index contributed by atoms with van der Waals surface area (Å²) in [7, 11) is 0. The summed E-state index contributed by atoms with van der Waals surface area (Å²) < 4.78 is 14.0. The van der Waals surface area contributed by atoms with E-state index >= 15 is 0 Å². The number of likely N-dealkylation sites (tertiary alicyclic amines) is 1. The topological polar surface area (TPSA) is 70.2 Å². The number of halogens is 1. The van der Waals surface area contributed by atoms with Crippen LogP contribution in [-0.2, 0) is 11.3 Å². The van der Waals surface area contributed by atoms with Crippen LogP contribution in [0.25, 0.3) is 11.3 Å². The fourth-order valence-corrected chi connectivity index (χ4v) is 5.21. The molecule has 1 amide bonds. The lowest BCUT2D eigenvalue weighted by molar-refractivity contribution is -0.114. The quantitative estimate of drug-likeness (QED) is 0.582. The maximum Gasteiger partial charge on any atom is 0.221 e. The predicted molar refractivity (Wildman–Crippen MR) is 127 cm³/mol. The van der Waals surface area contributed by atoms with Gasteiger partial charge in [0.15, 0.2) is 0 Å². The van der Waals surface area contributed by atoms with Crippen LogP contribution in [0.2, 0.25) is 0 Å². The molecule has 5 rings (SSSR count). The number of carbonyl (C=O) groups is 1. The van der Waals surface area contributed by atoms with E-state index in [0.29, 0.717) is 24.4 Å². The first-order chi connectivity index (χ1) is 16.0. The van der Waals surface area contributed by atoms with Crippen LogP contribution in [0.1, 0.15) is 25.3 Å². The number of nitrogens with one attached hydrogen (secondary N) is 2. The summed E-state index contributed by atoms with van der Waals surface area (Å²) in [6, 6.07) is 19.0. The molecule has 2 aliphatic rings. The largest absolute Gasteiger partial charge is 0.366 e. The van der Waals surface area contributed by atoms with Crippen LogP contribution in [0.4, 0.5) is 15.9 Å². The SMILES string of the molecule is CC(=O)Nc1ccc(-c2ccc(NC3C[C@@H]4CN(Cc5ccccc5F)C[C@@H]4C3)nn2)cc1. The number of fused-ring (bicyclic) bond motifs is 1. The molecule has 1 aliphatic carbocycles. The number of amides is 1. The Balaban J connectivity index is 1.14. The second-order valence-electron chi connectivity index (χ2n) is 9.18. The number of hydrogen-bond acceptors (Lipinski definition) is 5. The van der Waals surface area contributed by atoms with Crippen molar-refractivity contribution >= 4 is 17.4 Å². The van der Waals surface area contributed by atoms with Crippen LogP contribution in [0.3, 0.4) is 0 Å². The van der Waals surface area contributed by atoms with E-state index in [2.05, 4.69) is 25.7 Å². The van der Waals surface area contributed by atoms with Gasteiger partial charge in [-0.1, -0.05) is 30.3 Å². The number of benzene rings is 2. The lowest BCUT2D eigenvalue weighted by atomic mass is 10.0. The first-order valence-corrected chi connectivity index (χ1v) is 11.5. The second kappa shape index (κ2) is 9.27. The van der Waals surface area contributed by atoms with Gasteiger partial charge in [-0.05, 0) is 55.0 Å². The van der Waals surface area contributed by atoms with Crippen molar-refractivity contribution in [3.8, 4) is 11.3 Å². The Labute approximate surface area is 193 Å². The number of aromatic nitrogens is 2. The molecule has 0 bridgehead atoms. The minimum absolute atomic E-state index is 0.0909. The standard InChI is InChI=1S/C26H28FN5O/c1-17(33)28-22-8-6-18(7-9-22)25-10-11-26(31-30-25)29-23-12-20-15-32(16-21(20)13-23)14-19-4-2-3-5-24(19)27/h2-11,20-21,23H,12-16H2,1H3,(H,28,33)(H,29,31)/t20-,21+,23?. The van der Waals surface area contributed by atoms with Crippen LogP contribution in [-0.4, -0.2) is 40.1 Å². The highest BCUT2D eigenvalue weighted by Gasteiger charge is 2.40. The molecule has 1 saturated heterocycles. The molecule has 2 N–H and O–H groups in total. The van der Waals surface area contributed by atoms with Gasteiger partial charge < -0.3 is 10.6 Å². The molecule has 7 heteroatoms. The molecule has 2 fully saturated rings. The molecular weight excluding hydrogens is 417 g/mol. The molecule has 6 nitrogen and oxygen atoms in total. The highest BCUT2D eigenvalue weighted by atomic mass is 19.1. The second-order valence-corrected chi connectivity index (χ2v) is 9.18. The molecule has 0 radical (unpaired) electrons.